The third kappa shape index (κ3) is 6.83. The lowest BCUT2D eigenvalue weighted by molar-refractivity contribution is -0.0527. The molecule has 0 aromatic heterocycles. The minimum atomic E-state index is 0.0216. The van der Waals surface area contributed by atoms with Gasteiger partial charge in [-0.05, 0) is 37.5 Å². The molecule has 1 saturated carbocycles. The lowest BCUT2D eigenvalue weighted by Gasteiger charge is -2.34. The van der Waals surface area contributed by atoms with E-state index in [0.717, 1.165) is 25.0 Å². The number of unbranched alkanes of at least 4 members (excludes halogenated alkanes) is 1. The molecule has 1 atom stereocenters. The van der Waals surface area contributed by atoms with Gasteiger partial charge in [0.2, 0.25) is 0 Å². The minimum absolute atomic E-state index is 0.0216. The van der Waals surface area contributed by atoms with E-state index in [1.165, 1.54) is 19.3 Å². The van der Waals surface area contributed by atoms with Gasteiger partial charge in [-0.2, -0.15) is 0 Å². The van der Waals surface area contributed by atoms with Gasteiger partial charge in [0, 0.05) is 45.6 Å². The van der Waals surface area contributed by atoms with Gasteiger partial charge in [-0.3, -0.25) is 5.41 Å². The molecule has 7 heteroatoms. The van der Waals surface area contributed by atoms with E-state index in [9.17, 15) is 0 Å². The zero-order chi connectivity index (χ0) is 19.9. The SMILES string of the molecule is COCC1CN(/C(N)=C/N(C)C(=N)C(=CCCCC2(C)CC2)CN)CCO1. The van der Waals surface area contributed by atoms with Crippen molar-refractivity contribution in [3.63, 3.8) is 0 Å². The molecule has 5 N–H and O–H groups in total. The maximum atomic E-state index is 8.45. The summed E-state index contributed by atoms with van der Waals surface area (Å²) in [6, 6.07) is 0. The Labute approximate surface area is 163 Å². The number of amidine groups is 1. The normalized spacial score (nSPS) is 22.7. The molecule has 27 heavy (non-hydrogen) atoms. The molecule has 0 spiro atoms. The summed E-state index contributed by atoms with van der Waals surface area (Å²) in [6.07, 6.45) is 10.0. The van der Waals surface area contributed by atoms with E-state index in [2.05, 4.69) is 17.9 Å². The van der Waals surface area contributed by atoms with Crippen LogP contribution in [0.25, 0.3) is 0 Å². The molecular formula is C20H37N5O2. The maximum Gasteiger partial charge on any atom is 0.128 e. The lowest BCUT2D eigenvalue weighted by atomic mass is 10.0. The van der Waals surface area contributed by atoms with Crippen LogP contribution in [0, 0.1) is 10.8 Å². The van der Waals surface area contributed by atoms with Crippen molar-refractivity contribution in [2.24, 2.45) is 16.9 Å². The van der Waals surface area contributed by atoms with Crippen LogP contribution < -0.4 is 11.5 Å². The minimum Gasteiger partial charge on any atom is -0.384 e. The molecule has 1 aliphatic carbocycles. The van der Waals surface area contributed by atoms with E-state index in [4.69, 9.17) is 26.4 Å². The Morgan fingerprint density at radius 1 is 1.44 bits per heavy atom. The van der Waals surface area contributed by atoms with Gasteiger partial charge >= 0.3 is 0 Å². The first-order valence-corrected chi connectivity index (χ1v) is 9.92. The zero-order valence-corrected chi connectivity index (χ0v) is 17.2. The number of allylic oxidation sites excluding steroid dienone is 1. The van der Waals surface area contributed by atoms with Crippen LogP contribution in [0.15, 0.2) is 23.7 Å². The fourth-order valence-corrected chi connectivity index (χ4v) is 3.36. The van der Waals surface area contributed by atoms with Crippen LogP contribution in [0.5, 0.6) is 0 Å². The first-order valence-electron chi connectivity index (χ1n) is 9.92. The summed E-state index contributed by atoms with van der Waals surface area (Å²) in [4.78, 5) is 3.82. The number of nitrogens with one attached hydrogen (secondary N) is 1. The molecule has 1 unspecified atom stereocenters. The number of methoxy groups -OCH3 is 1. The Morgan fingerprint density at radius 2 is 2.19 bits per heavy atom. The first-order chi connectivity index (χ1) is 12.9. The van der Waals surface area contributed by atoms with E-state index in [1.54, 1.807) is 18.2 Å². The van der Waals surface area contributed by atoms with Crippen molar-refractivity contribution in [1.82, 2.24) is 9.80 Å². The molecule has 1 saturated heterocycles. The van der Waals surface area contributed by atoms with Crippen molar-refractivity contribution >= 4 is 5.84 Å². The second kappa shape index (κ2) is 10.1. The molecule has 2 rings (SSSR count). The predicted octanol–water partition coefficient (Wildman–Crippen LogP) is 1.86. The monoisotopic (exact) mass is 379 g/mol. The van der Waals surface area contributed by atoms with Crippen molar-refractivity contribution in [3.05, 3.63) is 23.7 Å². The highest BCUT2D eigenvalue weighted by Crippen LogP contribution is 2.49. The van der Waals surface area contributed by atoms with E-state index in [1.807, 2.05) is 7.05 Å². The van der Waals surface area contributed by atoms with E-state index in [0.29, 0.717) is 43.4 Å². The van der Waals surface area contributed by atoms with Crippen molar-refractivity contribution in [2.45, 2.75) is 45.1 Å². The molecule has 0 bridgehead atoms. The fraction of sp³-hybridized carbons (Fsp3) is 0.750. The number of likely N-dealkylation sites (N-methyl/N-ethyl adjacent to an activating group) is 1. The average Bonchev–Trinajstić information content (AvgIpc) is 3.39. The summed E-state index contributed by atoms with van der Waals surface area (Å²) in [5, 5.41) is 8.45. The summed E-state index contributed by atoms with van der Waals surface area (Å²) in [5.74, 6) is 1.03. The van der Waals surface area contributed by atoms with E-state index < -0.39 is 0 Å². The molecule has 0 radical (unpaired) electrons. The summed E-state index contributed by atoms with van der Waals surface area (Å²) in [6.45, 7) is 5.32. The zero-order valence-electron chi connectivity index (χ0n) is 17.2. The summed E-state index contributed by atoms with van der Waals surface area (Å²) >= 11 is 0. The smallest absolute Gasteiger partial charge is 0.128 e. The van der Waals surface area contributed by atoms with Crippen LogP contribution in [0.3, 0.4) is 0 Å². The van der Waals surface area contributed by atoms with Crippen LogP contribution in [-0.4, -0.2) is 68.7 Å². The number of morpholine rings is 1. The number of hydrogen-bond acceptors (Lipinski definition) is 6. The molecule has 1 heterocycles. The Kier molecular flexibility index (Phi) is 8.13. The highest BCUT2D eigenvalue weighted by Gasteiger charge is 2.35. The van der Waals surface area contributed by atoms with E-state index in [-0.39, 0.29) is 6.10 Å². The Hall–Kier alpha value is -1.57. The molecule has 2 fully saturated rings. The highest BCUT2D eigenvalue weighted by atomic mass is 16.5. The second-order valence-corrected chi connectivity index (χ2v) is 8.04. The Balaban J connectivity index is 1.87. The molecule has 0 aromatic carbocycles. The summed E-state index contributed by atoms with van der Waals surface area (Å²) in [5.41, 5.74) is 13.6. The molecular weight excluding hydrogens is 342 g/mol. The van der Waals surface area contributed by atoms with Gasteiger partial charge in [0.05, 0.1) is 19.3 Å². The second-order valence-electron chi connectivity index (χ2n) is 8.04. The van der Waals surface area contributed by atoms with Gasteiger partial charge in [-0.1, -0.05) is 13.0 Å². The van der Waals surface area contributed by atoms with Gasteiger partial charge in [0.25, 0.3) is 0 Å². The summed E-state index contributed by atoms with van der Waals surface area (Å²) in [7, 11) is 3.51. The third-order valence-corrected chi connectivity index (χ3v) is 5.54. The lowest BCUT2D eigenvalue weighted by Crippen LogP contribution is -2.46. The van der Waals surface area contributed by atoms with Gasteiger partial charge in [0.15, 0.2) is 0 Å². The molecule has 0 amide bonds. The standard InChI is InChI=1S/C20H37N5O2/c1-20(8-9-20)7-5-4-6-16(12-21)19(23)24(2)14-18(22)25-10-11-27-17(13-25)15-26-3/h6,14,17,23H,4-5,7-13,15,21-22H2,1-3H3/b16-6?,18-14+,23-19?. The van der Waals surface area contributed by atoms with Crippen LogP contribution >= 0.6 is 0 Å². The Morgan fingerprint density at radius 3 is 2.81 bits per heavy atom. The van der Waals surface area contributed by atoms with Crippen molar-refractivity contribution in [2.75, 3.05) is 47.0 Å². The predicted molar refractivity (Wildman–Crippen MR) is 109 cm³/mol. The molecule has 0 aromatic rings. The highest BCUT2D eigenvalue weighted by molar-refractivity contribution is 5.96. The molecule has 7 nitrogen and oxygen atoms in total. The largest absolute Gasteiger partial charge is 0.384 e. The number of hydrogen-bond donors (Lipinski definition) is 3. The van der Waals surface area contributed by atoms with Crippen molar-refractivity contribution < 1.29 is 9.47 Å². The van der Waals surface area contributed by atoms with Crippen molar-refractivity contribution in [3.8, 4) is 0 Å². The quantitative estimate of drug-likeness (QED) is 0.304. The van der Waals surface area contributed by atoms with Crippen LogP contribution in [0.1, 0.15) is 39.0 Å². The van der Waals surface area contributed by atoms with Crippen LogP contribution in [0.4, 0.5) is 0 Å². The van der Waals surface area contributed by atoms with Crippen LogP contribution in [-0.2, 0) is 9.47 Å². The molecule has 2 aliphatic rings. The first kappa shape index (κ1) is 21.7. The van der Waals surface area contributed by atoms with Gasteiger partial charge in [-0.25, -0.2) is 0 Å². The summed E-state index contributed by atoms with van der Waals surface area (Å²) < 4.78 is 10.8. The van der Waals surface area contributed by atoms with Gasteiger partial charge in [0.1, 0.15) is 11.7 Å². The van der Waals surface area contributed by atoms with Gasteiger partial charge < -0.3 is 30.7 Å². The van der Waals surface area contributed by atoms with Crippen LogP contribution in [0.2, 0.25) is 0 Å². The maximum absolute atomic E-state index is 8.45. The third-order valence-electron chi connectivity index (χ3n) is 5.54. The average molecular weight is 380 g/mol. The van der Waals surface area contributed by atoms with Crippen molar-refractivity contribution in [1.29, 1.82) is 5.41 Å². The van der Waals surface area contributed by atoms with Gasteiger partial charge in [-0.15, -0.1) is 0 Å². The number of ether oxygens (including phenoxy) is 2. The topological polar surface area (TPSA) is 101 Å². The molecule has 154 valence electrons. The Bertz CT molecular complexity index is 555. The number of rotatable bonds is 10. The number of nitrogens with two attached hydrogens (primary N) is 2. The van der Waals surface area contributed by atoms with E-state index >= 15 is 0 Å². The number of nitrogens with zero attached hydrogens (tertiary/aromatic N) is 2. The molecule has 1 aliphatic heterocycles. The fourth-order valence-electron chi connectivity index (χ4n) is 3.36.